The van der Waals surface area contributed by atoms with Crippen LogP contribution < -0.4 is 21.6 Å². The summed E-state index contributed by atoms with van der Waals surface area (Å²) in [5.74, 6) is -0.164. The van der Waals surface area contributed by atoms with Gasteiger partial charge in [-0.25, -0.2) is 0 Å². The Balaban J connectivity index is 1.48. The van der Waals surface area contributed by atoms with Crippen LogP contribution in [0.2, 0.25) is 0 Å². The number of benzene rings is 5. The molecule has 0 saturated carbocycles. The second-order valence-electron chi connectivity index (χ2n) is 11.9. The maximum absolute atomic E-state index is 12.1. The Hall–Kier alpha value is -4.28. The molecule has 10 heteroatoms. The molecule has 0 heterocycles. The van der Waals surface area contributed by atoms with Gasteiger partial charge in [0.1, 0.15) is 0 Å². The number of rotatable bonds is 15. The van der Waals surface area contributed by atoms with Crippen molar-refractivity contribution >= 4 is 52.6 Å². The number of carbonyl (C=O) groups excluding carboxylic acids is 1. The van der Waals surface area contributed by atoms with Crippen LogP contribution in [0.25, 0.3) is 21.5 Å². The van der Waals surface area contributed by atoms with Crippen molar-refractivity contribution in [1.82, 2.24) is 15.5 Å². The SMILES string of the molecule is C=C(C)C(=O)NCCCN(Cc1ccccc1B(O)O)Cc1c2ccccc2c(CNCc2ccccc2B(O)O)c2ccccc12. The van der Waals surface area contributed by atoms with Crippen molar-refractivity contribution < 1.29 is 24.9 Å². The topological polar surface area (TPSA) is 125 Å². The molecule has 5 rings (SSSR count). The van der Waals surface area contributed by atoms with Gasteiger partial charge < -0.3 is 30.7 Å². The Morgan fingerprint density at radius 3 is 1.72 bits per heavy atom. The Bertz CT molecular complexity index is 1810. The summed E-state index contributed by atoms with van der Waals surface area (Å²) in [6.45, 7) is 8.70. The van der Waals surface area contributed by atoms with E-state index in [2.05, 4.69) is 46.4 Å². The summed E-state index contributed by atoms with van der Waals surface area (Å²) >= 11 is 0. The summed E-state index contributed by atoms with van der Waals surface area (Å²) in [5, 5.41) is 50.8. The average Bonchev–Trinajstić information content (AvgIpc) is 3.07. The van der Waals surface area contributed by atoms with Gasteiger partial charge in [-0.15, -0.1) is 0 Å². The van der Waals surface area contributed by atoms with Gasteiger partial charge in [-0.1, -0.05) is 104 Å². The molecule has 0 fully saturated rings. The van der Waals surface area contributed by atoms with E-state index in [-0.39, 0.29) is 5.91 Å². The molecule has 0 aromatic heterocycles. The van der Waals surface area contributed by atoms with Gasteiger partial charge in [-0.05, 0) is 68.1 Å². The summed E-state index contributed by atoms with van der Waals surface area (Å²) in [6.07, 6.45) is 0.699. The van der Waals surface area contributed by atoms with Gasteiger partial charge in [0.2, 0.25) is 5.91 Å². The van der Waals surface area contributed by atoms with Gasteiger partial charge in [0.15, 0.2) is 0 Å². The second kappa shape index (κ2) is 16.0. The fourth-order valence-electron chi connectivity index (χ4n) is 6.20. The Labute approximate surface area is 276 Å². The van der Waals surface area contributed by atoms with Gasteiger partial charge in [-0.3, -0.25) is 9.69 Å². The predicted molar refractivity (Wildman–Crippen MR) is 191 cm³/mol. The molecule has 5 aromatic carbocycles. The number of fused-ring (bicyclic) bond motifs is 2. The third-order valence-electron chi connectivity index (χ3n) is 8.54. The monoisotopic (exact) mass is 629 g/mol. The zero-order valence-corrected chi connectivity index (χ0v) is 26.7. The third kappa shape index (κ3) is 8.36. The van der Waals surface area contributed by atoms with Crippen molar-refractivity contribution in [2.24, 2.45) is 0 Å². The van der Waals surface area contributed by atoms with Gasteiger partial charge in [0, 0.05) is 44.8 Å². The minimum atomic E-state index is -1.58. The molecule has 0 saturated heterocycles. The first kappa shape index (κ1) is 34.1. The lowest BCUT2D eigenvalue weighted by atomic mass is 9.77. The molecule has 240 valence electrons. The summed E-state index contributed by atoms with van der Waals surface area (Å²) in [4.78, 5) is 14.4. The van der Waals surface area contributed by atoms with Gasteiger partial charge in [0.05, 0.1) is 0 Å². The standard InChI is InChI=1S/C37H41B2N3O5/c1-26(2)37(43)41-20-11-21-42(24-28-13-4-10-19-36(28)39(46)47)25-34-31-16-7-5-14-29(31)33(30-15-6-8-17-32(30)34)23-40-22-27-12-3-9-18-35(27)38(44)45/h3-10,12-19,40,44-47H,1,11,20-25H2,2H3,(H,41,43). The van der Waals surface area contributed by atoms with Crippen LogP contribution >= 0.6 is 0 Å². The normalized spacial score (nSPS) is 11.3. The van der Waals surface area contributed by atoms with Crippen LogP contribution in [0.5, 0.6) is 0 Å². The van der Waals surface area contributed by atoms with Crippen LogP contribution in [0.15, 0.2) is 109 Å². The first-order valence-electron chi connectivity index (χ1n) is 15.9. The van der Waals surface area contributed by atoms with E-state index >= 15 is 0 Å². The number of hydrogen-bond acceptors (Lipinski definition) is 7. The van der Waals surface area contributed by atoms with Crippen LogP contribution in [-0.2, 0) is 31.0 Å². The number of hydrogen-bond donors (Lipinski definition) is 6. The molecule has 6 N–H and O–H groups in total. The van der Waals surface area contributed by atoms with Crippen molar-refractivity contribution in [3.05, 3.63) is 131 Å². The lowest BCUT2D eigenvalue weighted by Crippen LogP contribution is -2.36. The number of carbonyl (C=O) groups is 1. The smallest absolute Gasteiger partial charge is 0.423 e. The predicted octanol–water partition coefficient (Wildman–Crippen LogP) is 2.73. The van der Waals surface area contributed by atoms with E-state index in [0.29, 0.717) is 62.2 Å². The zero-order valence-electron chi connectivity index (χ0n) is 26.7. The molecule has 0 spiro atoms. The highest BCUT2D eigenvalue weighted by atomic mass is 16.4. The first-order valence-corrected chi connectivity index (χ1v) is 15.9. The average molecular weight is 629 g/mol. The van der Waals surface area contributed by atoms with Gasteiger partial charge in [0.25, 0.3) is 0 Å². The van der Waals surface area contributed by atoms with E-state index in [1.165, 1.54) is 5.56 Å². The molecule has 8 nitrogen and oxygen atoms in total. The fourth-order valence-corrected chi connectivity index (χ4v) is 6.20. The van der Waals surface area contributed by atoms with E-state index in [1.807, 2.05) is 48.5 Å². The molecular weight excluding hydrogens is 588 g/mol. The molecule has 0 atom stereocenters. The van der Waals surface area contributed by atoms with Crippen molar-refractivity contribution in [1.29, 1.82) is 0 Å². The van der Waals surface area contributed by atoms with Crippen LogP contribution in [0, 0.1) is 0 Å². The van der Waals surface area contributed by atoms with E-state index in [4.69, 9.17) is 0 Å². The van der Waals surface area contributed by atoms with Crippen LogP contribution in [0.4, 0.5) is 0 Å². The van der Waals surface area contributed by atoms with E-state index in [0.717, 1.165) is 38.2 Å². The summed E-state index contributed by atoms with van der Waals surface area (Å²) in [6, 6.07) is 31.4. The number of amides is 1. The maximum Gasteiger partial charge on any atom is 0.488 e. The summed E-state index contributed by atoms with van der Waals surface area (Å²) in [5.41, 5.74) is 5.41. The molecule has 47 heavy (non-hydrogen) atoms. The maximum atomic E-state index is 12.1. The first-order chi connectivity index (χ1) is 22.7. The van der Waals surface area contributed by atoms with Crippen LogP contribution in [-0.4, -0.2) is 58.2 Å². The second-order valence-corrected chi connectivity index (χ2v) is 11.9. The Kier molecular flexibility index (Phi) is 11.6. The summed E-state index contributed by atoms with van der Waals surface area (Å²) in [7, 11) is -3.11. The molecule has 1 amide bonds. The quantitative estimate of drug-likeness (QED) is 0.0456. The highest BCUT2D eigenvalue weighted by Gasteiger charge is 2.21. The largest absolute Gasteiger partial charge is 0.488 e. The molecule has 0 radical (unpaired) electrons. The van der Waals surface area contributed by atoms with E-state index in [9.17, 15) is 24.9 Å². The van der Waals surface area contributed by atoms with Crippen molar-refractivity contribution in [3.63, 3.8) is 0 Å². The van der Waals surface area contributed by atoms with Crippen molar-refractivity contribution in [2.75, 3.05) is 13.1 Å². The molecule has 0 unspecified atom stereocenters. The highest BCUT2D eigenvalue weighted by Crippen LogP contribution is 2.34. The Morgan fingerprint density at radius 2 is 1.17 bits per heavy atom. The minimum Gasteiger partial charge on any atom is -0.423 e. The lowest BCUT2D eigenvalue weighted by Gasteiger charge is -2.26. The van der Waals surface area contributed by atoms with E-state index in [1.54, 1.807) is 31.2 Å². The molecule has 5 aromatic rings. The van der Waals surface area contributed by atoms with Crippen molar-refractivity contribution in [2.45, 2.75) is 39.5 Å². The number of nitrogens with zero attached hydrogens (tertiary/aromatic N) is 1. The summed E-state index contributed by atoms with van der Waals surface area (Å²) < 4.78 is 0. The van der Waals surface area contributed by atoms with E-state index < -0.39 is 14.2 Å². The van der Waals surface area contributed by atoms with Crippen LogP contribution in [0.3, 0.4) is 0 Å². The minimum absolute atomic E-state index is 0.164. The zero-order chi connectivity index (χ0) is 33.3. The molecular formula is C37H41B2N3O5. The van der Waals surface area contributed by atoms with Gasteiger partial charge >= 0.3 is 14.2 Å². The van der Waals surface area contributed by atoms with Gasteiger partial charge in [-0.2, -0.15) is 0 Å². The van der Waals surface area contributed by atoms with Crippen molar-refractivity contribution in [3.8, 4) is 0 Å². The Morgan fingerprint density at radius 1 is 0.681 bits per heavy atom. The lowest BCUT2D eigenvalue weighted by molar-refractivity contribution is -0.117. The molecule has 0 aliphatic heterocycles. The highest BCUT2D eigenvalue weighted by molar-refractivity contribution is 6.59. The molecule has 0 aliphatic carbocycles. The molecule has 0 bridgehead atoms. The molecule has 0 aliphatic rings. The fraction of sp³-hybridized carbons (Fsp3) is 0.216. The van der Waals surface area contributed by atoms with Crippen LogP contribution in [0.1, 0.15) is 35.6 Å². The third-order valence-corrected chi connectivity index (χ3v) is 8.54. The number of nitrogens with one attached hydrogen (secondary N) is 2.